The van der Waals surface area contributed by atoms with Crippen molar-refractivity contribution >= 4 is 32.0 Å². The van der Waals surface area contributed by atoms with E-state index in [-0.39, 0.29) is 10.6 Å². The zero-order chi connectivity index (χ0) is 14.8. The van der Waals surface area contributed by atoms with Gasteiger partial charge in [-0.1, -0.05) is 0 Å². The summed E-state index contributed by atoms with van der Waals surface area (Å²) in [5.74, 6) is 0.0602. The van der Waals surface area contributed by atoms with Crippen LogP contribution in [0, 0.1) is 0 Å². The summed E-state index contributed by atoms with van der Waals surface area (Å²) in [6.45, 7) is 5.17. The van der Waals surface area contributed by atoms with Crippen LogP contribution in [0.25, 0.3) is 0 Å². The second-order valence-electron chi connectivity index (χ2n) is 4.87. The molecule has 0 bridgehead atoms. The fourth-order valence-corrected chi connectivity index (χ4v) is 3.73. The Morgan fingerprint density at radius 1 is 1.37 bits per heavy atom. The van der Waals surface area contributed by atoms with Gasteiger partial charge in [-0.15, -0.1) is 0 Å². The molecular formula is C11H15BrN2O4S. The Bertz CT molecular complexity index is 593. The lowest BCUT2D eigenvalue weighted by Gasteiger charge is -2.21. The minimum atomic E-state index is -3.74. The standard InChI is InChI=1S/C11H15BrN2O4S/c1-11(2,3)14-19(16,17)9-6-7(18-10(13)15)4-5-8(9)12/h4-6,14H,1-3H3,(H2,13,15). The van der Waals surface area contributed by atoms with Crippen LogP contribution in [0.1, 0.15) is 20.8 Å². The molecule has 0 heterocycles. The predicted octanol–water partition coefficient (Wildman–Crippen LogP) is 1.98. The Morgan fingerprint density at radius 2 is 1.95 bits per heavy atom. The molecule has 0 aromatic heterocycles. The number of carbonyl (C=O) groups excluding carboxylic acids is 1. The van der Waals surface area contributed by atoms with Crippen molar-refractivity contribution in [1.29, 1.82) is 0 Å². The maximum absolute atomic E-state index is 12.2. The number of hydrogen-bond acceptors (Lipinski definition) is 4. The summed E-state index contributed by atoms with van der Waals surface area (Å²) >= 11 is 3.15. The zero-order valence-electron chi connectivity index (χ0n) is 10.7. The first-order valence-corrected chi connectivity index (χ1v) is 7.60. The molecule has 0 saturated heterocycles. The Kier molecular flexibility index (Phi) is 4.59. The van der Waals surface area contributed by atoms with Crippen molar-refractivity contribution in [2.75, 3.05) is 0 Å². The SMILES string of the molecule is CC(C)(C)NS(=O)(=O)c1cc(OC(N)=O)ccc1Br. The van der Waals surface area contributed by atoms with E-state index in [0.717, 1.165) is 0 Å². The number of sulfonamides is 1. The topological polar surface area (TPSA) is 98.5 Å². The van der Waals surface area contributed by atoms with Crippen molar-refractivity contribution in [3.05, 3.63) is 22.7 Å². The highest BCUT2D eigenvalue weighted by Crippen LogP contribution is 2.27. The molecule has 0 aliphatic rings. The second kappa shape index (κ2) is 5.48. The van der Waals surface area contributed by atoms with E-state index in [1.807, 2.05) is 0 Å². The highest BCUT2D eigenvalue weighted by atomic mass is 79.9. The van der Waals surface area contributed by atoms with Crippen molar-refractivity contribution in [2.45, 2.75) is 31.2 Å². The quantitative estimate of drug-likeness (QED) is 0.870. The summed E-state index contributed by atoms with van der Waals surface area (Å²) in [5.41, 5.74) is 4.26. The summed E-state index contributed by atoms with van der Waals surface area (Å²) < 4.78 is 31.9. The van der Waals surface area contributed by atoms with Crippen LogP contribution in [0.2, 0.25) is 0 Å². The molecule has 0 spiro atoms. The van der Waals surface area contributed by atoms with Gasteiger partial charge in [-0.3, -0.25) is 0 Å². The van der Waals surface area contributed by atoms with Crippen molar-refractivity contribution in [3.8, 4) is 5.75 Å². The highest BCUT2D eigenvalue weighted by molar-refractivity contribution is 9.10. The Labute approximate surface area is 120 Å². The van der Waals surface area contributed by atoms with Crippen LogP contribution < -0.4 is 15.2 Å². The average Bonchev–Trinajstić information content (AvgIpc) is 2.16. The molecule has 0 unspecified atom stereocenters. The first-order valence-electron chi connectivity index (χ1n) is 5.32. The lowest BCUT2D eigenvalue weighted by molar-refractivity contribution is 0.210. The van der Waals surface area contributed by atoms with Gasteiger partial charge in [-0.05, 0) is 48.8 Å². The van der Waals surface area contributed by atoms with E-state index in [1.54, 1.807) is 20.8 Å². The van der Waals surface area contributed by atoms with Gasteiger partial charge in [0.2, 0.25) is 10.0 Å². The molecule has 3 N–H and O–H groups in total. The van der Waals surface area contributed by atoms with E-state index in [0.29, 0.717) is 4.47 Å². The molecule has 8 heteroatoms. The third kappa shape index (κ3) is 4.81. The number of nitrogens with one attached hydrogen (secondary N) is 1. The summed E-state index contributed by atoms with van der Waals surface area (Å²) in [5, 5.41) is 0. The van der Waals surface area contributed by atoms with Gasteiger partial charge >= 0.3 is 6.09 Å². The molecule has 19 heavy (non-hydrogen) atoms. The summed E-state index contributed by atoms with van der Waals surface area (Å²) in [6.07, 6.45) is -1.01. The number of amides is 1. The van der Waals surface area contributed by atoms with Crippen molar-refractivity contribution < 1.29 is 17.9 Å². The van der Waals surface area contributed by atoms with Gasteiger partial charge < -0.3 is 10.5 Å². The first-order chi connectivity index (χ1) is 8.51. The van der Waals surface area contributed by atoms with Crippen LogP contribution in [-0.2, 0) is 10.0 Å². The molecule has 0 atom stereocenters. The second-order valence-corrected chi connectivity index (χ2v) is 7.37. The number of carbonyl (C=O) groups is 1. The number of rotatable bonds is 3. The van der Waals surface area contributed by atoms with Gasteiger partial charge in [0.15, 0.2) is 0 Å². The smallest absolute Gasteiger partial charge is 0.409 e. The van der Waals surface area contributed by atoms with Gasteiger partial charge in [0.1, 0.15) is 5.75 Å². The number of hydrogen-bond donors (Lipinski definition) is 2. The number of primary amides is 1. The molecule has 0 radical (unpaired) electrons. The van der Waals surface area contributed by atoms with E-state index in [1.165, 1.54) is 18.2 Å². The van der Waals surface area contributed by atoms with Gasteiger partial charge in [0.05, 0.1) is 4.90 Å². The normalized spacial score (nSPS) is 12.2. The maximum Gasteiger partial charge on any atom is 0.409 e. The molecular weight excluding hydrogens is 336 g/mol. The van der Waals surface area contributed by atoms with Crippen LogP contribution in [0.3, 0.4) is 0 Å². The molecule has 6 nitrogen and oxygen atoms in total. The molecule has 1 aromatic rings. The molecule has 0 fully saturated rings. The Balaban J connectivity index is 3.22. The van der Waals surface area contributed by atoms with E-state index in [9.17, 15) is 13.2 Å². The lowest BCUT2D eigenvalue weighted by atomic mass is 10.1. The molecule has 1 rings (SSSR count). The molecule has 0 aliphatic carbocycles. The van der Waals surface area contributed by atoms with Gasteiger partial charge in [0.25, 0.3) is 0 Å². The van der Waals surface area contributed by atoms with Crippen LogP contribution in [0.4, 0.5) is 4.79 Å². The maximum atomic E-state index is 12.2. The summed E-state index contributed by atoms with van der Waals surface area (Å²) in [4.78, 5) is 10.6. The predicted molar refractivity (Wildman–Crippen MR) is 74.4 cm³/mol. The Hall–Kier alpha value is -1.12. The number of ether oxygens (including phenoxy) is 1. The van der Waals surface area contributed by atoms with Crippen molar-refractivity contribution in [3.63, 3.8) is 0 Å². The fourth-order valence-electron chi connectivity index (χ4n) is 1.33. The highest BCUT2D eigenvalue weighted by Gasteiger charge is 2.24. The number of halogens is 1. The van der Waals surface area contributed by atoms with E-state index in [4.69, 9.17) is 5.73 Å². The summed E-state index contributed by atoms with van der Waals surface area (Å²) in [7, 11) is -3.74. The van der Waals surface area contributed by atoms with Crippen LogP contribution in [0.5, 0.6) is 5.75 Å². The summed E-state index contributed by atoms with van der Waals surface area (Å²) in [6, 6.07) is 4.13. The van der Waals surface area contributed by atoms with E-state index < -0.39 is 21.7 Å². The third-order valence-corrected chi connectivity index (χ3v) is 4.60. The van der Waals surface area contributed by atoms with E-state index in [2.05, 4.69) is 25.4 Å². The van der Waals surface area contributed by atoms with Crippen LogP contribution >= 0.6 is 15.9 Å². The fraction of sp³-hybridized carbons (Fsp3) is 0.364. The average molecular weight is 351 g/mol. The molecule has 106 valence electrons. The minimum Gasteiger partial charge on any atom is -0.410 e. The molecule has 0 saturated carbocycles. The number of nitrogens with two attached hydrogens (primary N) is 1. The monoisotopic (exact) mass is 350 g/mol. The zero-order valence-corrected chi connectivity index (χ0v) is 13.1. The van der Waals surface area contributed by atoms with Gasteiger partial charge in [-0.25, -0.2) is 17.9 Å². The third-order valence-electron chi connectivity index (χ3n) is 1.85. The van der Waals surface area contributed by atoms with Crippen molar-refractivity contribution in [1.82, 2.24) is 4.72 Å². The Morgan fingerprint density at radius 3 is 2.42 bits per heavy atom. The van der Waals surface area contributed by atoms with Gasteiger partial charge in [0, 0.05) is 16.1 Å². The first kappa shape index (κ1) is 15.9. The number of benzene rings is 1. The molecule has 1 aromatic carbocycles. The lowest BCUT2D eigenvalue weighted by Crippen LogP contribution is -2.40. The minimum absolute atomic E-state index is 0.0267. The molecule has 0 aliphatic heterocycles. The van der Waals surface area contributed by atoms with Crippen molar-refractivity contribution in [2.24, 2.45) is 5.73 Å². The van der Waals surface area contributed by atoms with Crippen LogP contribution in [0.15, 0.2) is 27.6 Å². The molecule has 1 amide bonds. The van der Waals surface area contributed by atoms with Crippen LogP contribution in [-0.4, -0.2) is 20.0 Å². The largest absolute Gasteiger partial charge is 0.410 e. The van der Waals surface area contributed by atoms with E-state index >= 15 is 0 Å². The van der Waals surface area contributed by atoms with Gasteiger partial charge in [-0.2, -0.15) is 0 Å².